The summed E-state index contributed by atoms with van der Waals surface area (Å²) in [7, 11) is 0. The molecule has 0 aliphatic carbocycles. The fourth-order valence-electron chi connectivity index (χ4n) is 2.96. The monoisotopic (exact) mass is 317 g/mol. The van der Waals surface area contributed by atoms with E-state index in [1.165, 1.54) is 17.1 Å². The van der Waals surface area contributed by atoms with Gasteiger partial charge in [0, 0.05) is 19.0 Å². The second kappa shape index (κ2) is 5.24. The van der Waals surface area contributed by atoms with Crippen LogP contribution >= 0.6 is 11.5 Å². The van der Waals surface area contributed by atoms with Crippen LogP contribution in [0.2, 0.25) is 0 Å². The summed E-state index contributed by atoms with van der Waals surface area (Å²) >= 11 is 1.17. The van der Waals surface area contributed by atoms with Crippen LogP contribution in [0.25, 0.3) is 0 Å². The number of hydrogen-bond donors (Lipinski definition) is 0. The Morgan fingerprint density at radius 1 is 1.36 bits per heavy atom. The molecule has 1 fully saturated rings. The maximum Gasteiger partial charge on any atom is 0.267 e. The number of ether oxygens (including phenoxy) is 2. The molecule has 1 atom stereocenters. The molecule has 0 saturated carbocycles. The number of aryl methyl sites for hydroxylation is 1. The van der Waals surface area contributed by atoms with Crippen molar-refractivity contribution in [2.45, 2.75) is 19.3 Å². The van der Waals surface area contributed by atoms with E-state index >= 15 is 0 Å². The maximum atomic E-state index is 12.5. The molecule has 0 spiro atoms. The van der Waals surface area contributed by atoms with E-state index in [4.69, 9.17) is 9.47 Å². The first-order valence-electron chi connectivity index (χ1n) is 7.20. The number of likely N-dealkylation sites (tertiary alicyclic amines) is 1. The molecule has 4 rings (SSSR count). The number of fused-ring (bicyclic) bond motifs is 1. The predicted octanol–water partition coefficient (Wildman–Crippen LogP) is 2.20. The average Bonchev–Trinajstić information content (AvgIpc) is 3.26. The molecule has 3 heterocycles. The molecule has 114 valence electrons. The standard InChI is InChI=1S/C15H15N3O3S/c1-9-14(22-17-16-9)15(19)18-5-4-11(7-18)10-2-3-12-13(6-10)21-8-20-12/h2-3,6,11H,4-5,7-8H2,1H3. The summed E-state index contributed by atoms with van der Waals surface area (Å²) < 4.78 is 14.6. The first-order valence-corrected chi connectivity index (χ1v) is 7.97. The number of amides is 1. The molecule has 7 heteroatoms. The Balaban J connectivity index is 1.51. The van der Waals surface area contributed by atoms with E-state index in [0.29, 0.717) is 16.5 Å². The summed E-state index contributed by atoms with van der Waals surface area (Å²) in [6, 6.07) is 6.03. The molecule has 0 N–H and O–H groups in total. The van der Waals surface area contributed by atoms with Crippen molar-refractivity contribution in [1.82, 2.24) is 14.5 Å². The van der Waals surface area contributed by atoms with Gasteiger partial charge >= 0.3 is 0 Å². The zero-order valence-corrected chi connectivity index (χ0v) is 12.9. The maximum absolute atomic E-state index is 12.5. The van der Waals surface area contributed by atoms with E-state index in [-0.39, 0.29) is 12.7 Å². The van der Waals surface area contributed by atoms with E-state index in [2.05, 4.69) is 15.7 Å². The number of nitrogens with zero attached hydrogens (tertiary/aromatic N) is 3. The van der Waals surface area contributed by atoms with Gasteiger partial charge in [0.15, 0.2) is 11.5 Å². The summed E-state index contributed by atoms with van der Waals surface area (Å²) in [4.78, 5) is 15.0. The summed E-state index contributed by atoms with van der Waals surface area (Å²) in [6.07, 6.45) is 0.955. The fraction of sp³-hybridized carbons (Fsp3) is 0.400. The van der Waals surface area contributed by atoms with Crippen molar-refractivity contribution in [1.29, 1.82) is 0 Å². The lowest BCUT2D eigenvalue weighted by molar-refractivity contribution is 0.0794. The molecule has 1 aromatic carbocycles. The molecule has 0 bridgehead atoms. The van der Waals surface area contributed by atoms with E-state index in [1.54, 1.807) is 0 Å². The highest BCUT2D eigenvalue weighted by atomic mass is 32.1. The molecule has 6 nitrogen and oxygen atoms in total. The van der Waals surface area contributed by atoms with Crippen LogP contribution in [-0.4, -0.2) is 40.3 Å². The summed E-state index contributed by atoms with van der Waals surface area (Å²) in [5.74, 6) is 1.96. The minimum absolute atomic E-state index is 0.0377. The average molecular weight is 317 g/mol. The minimum atomic E-state index is 0.0377. The molecular weight excluding hydrogens is 302 g/mol. The van der Waals surface area contributed by atoms with Gasteiger partial charge in [0.05, 0.1) is 5.69 Å². The quantitative estimate of drug-likeness (QED) is 0.849. The van der Waals surface area contributed by atoms with Gasteiger partial charge in [0.25, 0.3) is 5.91 Å². The van der Waals surface area contributed by atoms with Gasteiger partial charge in [0.2, 0.25) is 6.79 Å². The predicted molar refractivity (Wildman–Crippen MR) is 80.5 cm³/mol. The first kappa shape index (κ1) is 13.5. The molecule has 2 aliphatic heterocycles. The second-order valence-electron chi connectivity index (χ2n) is 5.54. The van der Waals surface area contributed by atoms with Crippen molar-refractivity contribution in [2.24, 2.45) is 0 Å². The topological polar surface area (TPSA) is 64.6 Å². The highest BCUT2D eigenvalue weighted by Gasteiger charge is 2.30. The molecule has 1 unspecified atom stereocenters. The van der Waals surface area contributed by atoms with Gasteiger partial charge in [-0.2, -0.15) is 0 Å². The molecule has 22 heavy (non-hydrogen) atoms. The van der Waals surface area contributed by atoms with Crippen LogP contribution in [-0.2, 0) is 0 Å². The van der Waals surface area contributed by atoms with Crippen LogP contribution in [0.3, 0.4) is 0 Å². The van der Waals surface area contributed by atoms with Gasteiger partial charge in [-0.25, -0.2) is 0 Å². The lowest BCUT2D eigenvalue weighted by Gasteiger charge is -2.16. The van der Waals surface area contributed by atoms with E-state index in [9.17, 15) is 4.79 Å². The third-order valence-electron chi connectivity index (χ3n) is 4.19. The van der Waals surface area contributed by atoms with Gasteiger partial charge in [0.1, 0.15) is 4.88 Å². The van der Waals surface area contributed by atoms with Crippen LogP contribution in [0.5, 0.6) is 11.5 Å². The van der Waals surface area contributed by atoms with Crippen LogP contribution in [0, 0.1) is 6.92 Å². The Bertz CT molecular complexity index is 731. The lowest BCUT2D eigenvalue weighted by atomic mass is 9.98. The third kappa shape index (κ3) is 2.21. The third-order valence-corrected chi connectivity index (χ3v) is 5.01. The van der Waals surface area contributed by atoms with Crippen molar-refractivity contribution in [3.8, 4) is 11.5 Å². The summed E-state index contributed by atoms with van der Waals surface area (Å²) in [5, 5.41) is 3.92. The van der Waals surface area contributed by atoms with Crippen molar-refractivity contribution in [2.75, 3.05) is 19.9 Å². The SMILES string of the molecule is Cc1nnsc1C(=O)N1CCC(c2ccc3c(c2)OCO3)C1. The molecule has 0 radical (unpaired) electrons. The van der Waals surface area contributed by atoms with E-state index in [1.807, 2.05) is 24.0 Å². The van der Waals surface area contributed by atoms with E-state index < -0.39 is 0 Å². The number of rotatable bonds is 2. The Morgan fingerprint density at radius 2 is 2.23 bits per heavy atom. The molecule has 1 amide bonds. The van der Waals surface area contributed by atoms with Crippen molar-refractivity contribution in [3.05, 3.63) is 34.3 Å². The molecule has 2 aromatic rings. The molecule has 1 aromatic heterocycles. The smallest absolute Gasteiger partial charge is 0.267 e. The number of carbonyl (C=O) groups is 1. The number of hydrogen-bond acceptors (Lipinski definition) is 6. The van der Waals surface area contributed by atoms with Gasteiger partial charge in [-0.05, 0) is 42.6 Å². The van der Waals surface area contributed by atoms with E-state index in [0.717, 1.165) is 31.0 Å². The fourth-order valence-corrected chi connectivity index (χ4v) is 3.58. The van der Waals surface area contributed by atoms with Crippen molar-refractivity contribution < 1.29 is 14.3 Å². The lowest BCUT2D eigenvalue weighted by Crippen LogP contribution is -2.28. The van der Waals surface area contributed by atoms with Crippen LogP contribution in [0.15, 0.2) is 18.2 Å². The largest absolute Gasteiger partial charge is 0.454 e. The van der Waals surface area contributed by atoms with Crippen molar-refractivity contribution in [3.63, 3.8) is 0 Å². The number of carbonyl (C=O) groups excluding carboxylic acids is 1. The normalized spacial score (nSPS) is 19.7. The highest BCUT2D eigenvalue weighted by molar-refractivity contribution is 7.07. The minimum Gasteiger partial charge on any atom is -0.454 e. The Labute approximate surface area is 131 Å². The van der Waals surface area contributed by atoms with Gasteiger partial charge in [-0.15, -0.1) is 5.10 Å². The number of benzene rings is 1. The van der Waals surface area contributed by atoms with Gasteiger partial charge < -0.3 is 14.4 Å². The zero-order valence-electron chi connectivity index (χ0n) is 12.1. The Morgan fingerprint density at radius 3 is 3.05 bits per heavy atom. The highest BCUT2D eigenvalue weighted by Crippen LogP contribution is 2.37. The summed E-state index contributed by atoms with van der Waals surface area (Å²) in [6.45, 7) is 3.58. The van der Waals surface area contributed by atoms with Crippen LogP contribution < -0.4 is 9.47 Å². The molecule has 2 aliphatic rings. The van der Waals surface area contributed by atoms with Crippen molar-refractivity contribution >= 4 is 17.4 Å². The Hall–Kier alpha value is -2.15. The van der Waals surface area contributed by atoms with Crippen LogP contribution in [0.1, 0.15) is 33.3 Å². The summed E-state index contributed by atoms with van der Waals surface area (Å²) in [5.41, 5.74) is 1.90. The Kier molecular flexibility index (Phi) is 3.22. The van der Waals surface area contributed by atoms with Crippen LogP contribution in [0.4, 0.5) is 0 Å². The molecular formula is C15H15N3O3S. The molecule has 1 saturated heterocycles. The van der Waals surface area contributed by atoms with Gasteiger partial charge in [-0.3, -0.25) is 4.79 Å². The number of aromatic nitrogens is 2. The zero-order chi connectivity index (χ0) is 15.1. The first-order chi connectivity index (χ1) is 10.7. The van der Waals surface area contributed by atoms with Gasteiger partial charge in [-0.1, -0.05) is 10.6 Å². The second-order valence-corrected chi connectivity index (χ2v) is 6.29.